The number of rotatable bonds is 4. The number of hydrogen-bond acceptors (Lipinski definition) is 4. The molecule has 0 bridgehead atoms. The fourth-order valence-electron chi connectivity index (χ4n) is 1.51. The molecule has 0 radical (unpaired) electrons. The van der Waals surface area contributed by atoms with Crippen molar-refractivity contribution in [3.8, 4) is 5.69 Å². The quantitative estimate of drug-likeness (QED) is 0.859. The van der Waals surface area contributed by atoms with Gasteiger partial charge in [-0.25, -0.2) is 4.98 Å². The molecule has 0 aliphatic heterocycles. The number of ether oxygens (including phenoxy) is 1. The average molecular weight is 338 g/mol. The number of hydrogen-bond donors (Lipinski definition) is 1. The molecule has 1 N–H and O–H groups in total. The van der Waals surface area contributed by atoms with Crippen molar-refractivity contribution in [1.82, 2.24) is 14.9 Å². The first-order valence-electron chi connectivity index (χ1n) is 5.75. The summed E-state index contributed by atoms with van der Waals surface area (Å²) in [7, 11) is 1.26. The Morgan fingerprint density at radius 2 is 2.05 bits per heavy atom. The van der Waals surface area contributed by atoms with Crippen molar-refractivity contribution in [2.24, 2.45) is 0 Å². The molecule has 0 atom stereocenters. The van der Waals surface area contributed by atoms with Gasteiger partial charge in [0.15, 0.2) is 0 Å². The van der Waals surface area contributed by atoms with E-state index in [0.717, 1.165) is 10.2 Å². The van der Waals surface area contributed by atoms with E-state index in [1.807, 2.05) is 24.3 Å². The molecule has 2 rings (SSSR count). The van der Waals surface area contributed by atoms with Crippen LogP contribution in [-0.2, 0) is 9.53 Å². The van der Waals surface area contributed by atoms with Gasteiger partial charge in [-0.3, -0.25) is 9.59 Å². The van der Waals surface area contributed by atoms with E-state index in [9.17, 15) is 9.59 Å². The molecule has 0 spiro atoms. The number of esters is 1. The van der Waals surface area contributed by atoms with E-state index >= 15 is 0 Å². The number of amides is 1. The van der Waals surface area contributed by atoms with Gasteiger partial charge in [0.2, 0.25) is 0 Å². The largest absolute Gasteiger partial charge is 0.468 e. The third-order valence-corrected chi connectivity index (χ3v) is 3.09. The molecule has 1 heterocycles. The fourth-order valence-corrected chi connectivity index (χ4v) is 1.77. The molecule has 0 unspecified atom stereocenters. The Balaban J connectivity index is 2.06. The van der Waals surface area contributed by atoms with E-state index in [0.29, 0.717) is 0 Å². The first-order chi connectivity index (χ1) is 9.60. The standard InChI is InChI=1S/C13H12BrN3O3/c1-20-12(18)6-15-13(19)11-7-17(8-16-11)10-4-2-9(14)3-5-10/h2-5,7-8H,6H2,1H3,(H,15,19). The van der Waals surface area contributed by atoms with Gasteiger partial charge in [-0.2, -0.15) is 0 Å². The van der Waals surface area contributed by atoms with Gasteiger partial charge in [-0.1, -0.05) is 15.9 Å². The Kier molecular flexibility index (Phi) is 4.52. The van der Waals surface area contributed by atoms with Crippen LogP contribution in [0.1, 0.15) is 10.5 Å². The van der Waals surface area contributed by atoms with E-state index in [1.54, 1.807) is 10.8 Å². The molecule has 104 valence electrons. The molecule has 0 aliphatic rings. The van der Waals surface area contributed by atoms with Gasteiger partial charge >= 0.3 is 5.97 Å². The van der Waals surface area contributed by atoms with E-state index in [1.165, 1.54) is 13.4 Å². The topological polar surface area (TPSA) is 73.2 Å². The van der Waals surface area contributed by atoms with E-state index in [2.05, 4.69) is 31.0 Å². The summed E-state index contributed by atoms with van der Waals surface area (Å²) >= 11 is 3.35. The minimum atomic E-state index is -0.509. The van der Waals surface area contributed by atoms with Crippen LogP contribution < -0.4 is 5.32 Å². The first kappa shape index (κ1) is 14.3. The molecule has 0 saturated carbocycles. The third-order valence-electron chi connectivity index (χ3n) is 2.56. The molecule has 6 nitrogen and oxygen atoms in total. The molecule has 20 heavy (non-hydrogen) atoms. The van der Waals surface area contributed by atoms with Crippen molar-refractivity contribution in [3.63, 3.8) is 0 Å². The highest BCUT2D eigenvalue weighted by Gasteiger charge is 2.11. The Hall–Kier alpha value is -2.15. The average Bonchev–Trinajstić information content (AvgIpc) is 2.95. The summed E-state index contributed by atoms with van der Waals surface area (Å²) in [6, 6.07) is 7.57. The zero-order chi connectivity index (χ0) is 14.5. The Labute approximate surface area is 123 Å². The predicted molar refractivity (Wildman–Crippen MR) is 75.6 cm³/mol. The van der Waals surface area contributed by atoms with Gasteiger partial charge in [0.05, 0.1) is 7.11 Å². The van der Waals surface area contributed by atoms with E-state index in [-0.39, 0.29) is 12.2 Å². The van der Waals surface area contributed by atoms with Gasteiger partial charge in [0.1, 0.15) is 18.6 Å². The van der Waals surface area contributed by atoms with Crippen molar-refractivity contribution in [2.45, 2.75) is 0 Å². The summed E-state index contributed by atoms with van der Waals surface area (Å²) in [5, 5.41) is 2.43. The fraction of sp³-hybridized carbons (Fsp3) is 0.154. The lowest BCUT2D eigenvalue weighted by atomic mass is 10.3. The molecular formula is C13H12BrN3O3. The Morgan fingerprint density at radius 1 is 1.35 bits per heavy atom. The highest BCUT2D eigenvalue weighted by molar-refractivity contribution is 9.10. The summed E-state index contributed by atoms with van der Waals surface area (Å²) in [5.41, 5.74) is 1.12. The number of methoxy groups -OCH3 is 1. The van der Waals surface area contributed by atoms with Crippen LogP contribution in [0, 0.1) is 0 Å². The zero-order valence-electron chi connectivity index (χ0n) is 10.7. The van der Waals surface area contributed by atoms with Crippen molar-refractivity contribution < 1.29 is 14.3 Å². The lowest BCUT2D eigenvalue weighted by Gasteiger charge is -2.02. The predicted octanol–water partition coefficient (Wildman–Crippen LogP) is 1.54. The molecule has 0 saturated heterocycles. The number of imidazole rings is 1. The van der Waals surface area contributed by atoms with Crippen LogP contribution in [0.15, 0.2) is 41.3 Å². The van der Waals surface area contributed by atoms with E-state index < -0.39 is 11.9 Å². The SMILES string of the molecule is COC(=O)CNC(=O)c1cn(-c2ccc(Br)cc2)cn1. The zero-order valence-corrected chi connectivity index (χ0v) is 12.3. The second-order valence-corrected chi connectivity index (χ2v) is 4.82. The maximum Gasteiger partial charge on any atom is 0.325 e. The van der Waals surface area contributed by atoms with Crippen molar-refractivity contribution in [3.05, 3.63) is 47.0 Å². The van der Waals surface area contributed by atoms with Gasteiger partial charge in [-0.15, -0.1) is 0 Å². The second kappa shape index (κ2) is 6.33. The van der Waals surface area contributed by atoms with Crippen LogP contribution in [0.4, 0.5) is 0 Å². The number of carbonyl (C=O) groups is 2. The lowest BCUT2D eigenvalue weighted by Crippen LogP contribution is -2.30. The van der Waals surface area contributed by atoms with Crippen LogP contribution in [-0.4, -0.2) is 35.1 Å². The first-order valence-corrected chi connectivity index (χ1v) is 6.54. The summed E-state index contributed by atoms with van der Waals surface area (Å²) < 4.78 is 7.13. The smallest absolute Gasteiger partial charge is 0.325 e. The number of nitrogens with one attached hydrogen (secondary N) is 1. The highest BCUT2D eigenvalue weighted by Crippen LogP contribution is 2.14. The van der Waals surface area contributed by atoms with Gasteiger partial charge in [0, 0.05) is 16.4 Å². The minimum Gasteiger partial charge on any atom is -0.468 e. The second-order valence-electron chi connectivity index (χ2n) is 3.90. The normalized spacial score (nSPS) is 10.1. The molecule has 1 aromatic heterocycles. The number of carbonyl (C=O) groups excluding carboxylic acids is 2. The molecule has 0 fully saturated rings. The van der Waals surface area contributed by atoms with Crippen LogP contribution in [0.3, 0.4) is 0 Å². The molecular weight excluding hydrogens is 326 g/mol. The molecule has 1 aromatic carbocycles. The monoisotopic (exact) mass is 337 g/mol. The maximum atomic E-state index is 11.8. The number of benzene rings is 1. The Bertz CT molecular complexity index is 622. The van der Waals surface area contributed by atoms with Crippen LogP contribution in [0.25, 0.3) is 5.69 Å². The highest BCUT2D eigenvalue weighted by atomic mass is 79.9. The van der Waals surface area contributed by atoms with Crippen molar-refractivity contribution in [2.75, 3.05) is 13.7 Å². The van der Waals surface area contributed by atoms with E-state index in [4.69, 9.17) is 0 Å². The maximum absolute atomic E-state index is 11.8. The summed E-state index contributed by atoms with van der Waals surface area (Å²) in [6.07, 6.45) is 3.13. The number of halogens is 1. The minimum absolute atomic E-state index is 0.180. The van der Waals surface area contributed by atoms with Gasteiger partial charge in [0.25, 0.3) is 5.91 Å². The number of nitrogens with zero attached hydrogens (tertiary/aromatic N) is 2. The van der Waals surface area contributed by atoms with Crippen molar-refractivity contribution in [1.29, 1.82) is 0 Å². The van der Waals surface area contributed by atoms with Crippen LogP contribution >= 0.6 is 15.9 Å². The lowest BCUT2D eigenvalue weighted by molar-refractivity contribution is -0.139. The molecule has 1 amide bonds. The summed E-state index contributed by atoms with van der Waals surface area (Å²) in [6.45, 7) is -0.180. The third kappa shape index (κ3) is 3.45. The Morgan fingerprint density at radius 3 is 2.70 bits per heavy atom. The summed E-state index contributed by atoms with van der Waals surface area (Å²) in [5.74, 6) is -0.933. The van der Waals surface area contributed by atoms with Gasteiger partial charge in [-0.05, 0) is 24.3 Å². The van der Waals surface area contributed by atoms with Gasteiger partial charge < -0.3 is 14.6 Å². The summed E-state index contributed by atoms with van der Waals surface area (Å²) in [4.78, 5) is 26.7. The van der Waals surface area contributed by atoms with Crippen molar-refractivity contribution >= 4 is 27.8 Å². The van der Waals surface area contributed by atoms with Crippen LogP contribution in [0.2, 0.25) is 0 Å². The van der Waals surface area contributed by atoms with Crippen LogP contribution in [0.5, 0.6) is 0 Å². The molecule has 2 aromatic rings. The molecule has 7 heteroatoms. The molecule has 0 aliphatic carbocycles. The number of aromatic nitrogens is 2.